The van der Waals surface area contributed by atoms with Gasteiger partial charge in [-0.05, 0) is 51.2 Å². The number of aliphatic hydroxyl groups is 2. The monoisotopic (exact) mass is 422 g/mol. The number of nitrogens with zero attached hydrogens (tertiary/aromatic N) is 1. The van der Waals surface area contributed by atoms with Crippen molar-refractivity contribution in [3.8, 4) is 0 Å². The highest BCUT2D eigenvalue weighted by molar-refractivity contribution is 6.39. The van der Waals surface area contributed by atoms with Crippen LogP contribution in [-0.4, -0.2) is 69.6 Å². The number of allylic oxidation sites excluding steroid dienone is 2. The van der Waals surface area contributed by atoms with Crippen molar-refractivity contribution in [2.75, 3.05) is 6.54 Å². The lowest BCUT2D eigenvalue weighted by Crippen LogP contribution is -2.61. The van der Waals surface area contributed by atoms with Crippen molar-refractivity contribution in [1.82, 2.24) is 4.90 Å². The summed E-state index contributed by atoms with van der Waals surface area (Å²) in [6.07, 6.45) is 4.73. The molecule has 0 saturated carbocycles. The molecule has 30 heavy (non-hydrogen) atoms. The third kappa shape index (κ3) is 4.49. The zero-order valence-electron chi connectivity index (χ0n) is 17.3. The Morgan fingerprint density at radius 2 is 2.00 bits per heavy atom. The number of rotatable bonds is 4. The largest absolute Gasteiger partial charge is 0.453 e. The first kappa shape index (κ1) is 22.6. The number of likely N-dealkylation sites (tertiary alicyclic amines) is 1. The number of carbonyl (C=O) groups is 3. The highest BCUT2D eigenvalue weighted by Gasteiger charge is 2.52. The van der Waals surface area contributed by atoms with E-state index in [-0.39, 0.29) is 6.54 Å². The van der Waals surface area contributed by atoms with Gasteiger partial charge in [-0.15, -0.1) is 0 Å². The molecule has 0 aromatic heterocycles. The fourth-order valence-electron chi connectivity index (χ4n) is 4.10. The summed E-state index contributed by atoms with van der Waals surface area (Å²) in [7, 11) is 0. The van der Waals surface area contributed by atoms with Gasteiger partial charge >= 0.3 is 5.97 Å². The molecule has 0 aromatic rings. The molecule has 6 unspecified atom stereocenters. The van der Waals surface area contributed by atoms with Crippen LogP contribution in [0.3, 0.4) is 0 Å². The van der Waals surface area contributed by atoms with Crippen molar-refractivity contribution in [1.29, 1.82) is 0 Å². The van der Waals surface area contributed by atoms with Crippen LogP contribution in [0.2, 0.25) is 0 Å². The molecule has 0 radical (unpaired) electrons. The zero-order valence-corrected chi connectivity index (χ0v) is 17.3. The molecular formula is C21H30N2O7. The first-order valence-corrected chi connectivity index (χ1v) is 10.4. The second-order valence-corrected chi connectivity index (χ2v) is 8.33. The van der Waals surface area contributed by atoms with Gasteiger partial charge in [0.25, 0.3) is 11.7 Å². The van der Waals surface area contributed by atoms with Crippen LogP contribution in [0.5, 0.6) is 0 Å². The summed E-state index contributed by atoms with van der Waals surface area (Å²) in [5.74, 6) is -5.73. The number of ether oxygens (including phenoxy) is 2. The summed E-state index contributed by atoms with van der Waals surface area (Å²) in [6, 6.07) is -0.973. The molecule has 3 aliphatic rings. The molecule has 9 heteroatoms. The van der Waals surface area contributed by atoms with Crippen LogP contribution in [0.25, 0.3) is 0 Å². The van der Waals surface area contributed by atoms with E-state index in [1.165, 1.54) is 0 Å². The highest BCUT2D eigenvalue weighted by atomic mass is 16.6. The number of hydrogen-bond donors (Lipinski definition) is 3. The fraction of sp³-hybridized carbons (Fsp3) is 0.667. The van der Waals surface area contributed by atoms with Gasteiger partial charge in [-0.25, -0.2) is 4.79 Å². The second-order valence-electron chi connectivity index (χ2n) is 8.33. The number of ketones is 1. The zero-order chi connectivity index (χ0) is 22.1. The van der Waals surface area contributed by atoms with Gasteiger partial charge in [0.15, 0.2) is 0 Å². The van der Waals surface area contributed by atoms with E-state index in [4.69, 9.17) is 15.2 Å². The van der Waals surface area contributed by atoms with Gasteiger partial charge in [0.2, 0.25) is 5.79 Å². The number of esters is 1. The lowest BCUT2D eigenvalue weighted by atomic mass is 9.88. The average molecular weight is 422 g/mol. The molecule has 2 saturated heterocycles. The minimum absolute atomic E-state index is 0.183. The van der Waals surface area contributed by atoms with E-state index in [0.717, 1.165) is 10.5 Å². The van der Waals surface area contributed by atoms with E-state index in [1.54, 1.807) is 25.2 Å². The molecule has 6 atom stereocenters. The fourth-order valence-corrected chi connectivity index (χ4v) is 4.10. The molecule has 1 amide bonds. The van der Waals surface area contributed by atoms with Crippen molar-refractivity contribution >= 4 is 17.7 Å². The number of carbonyl (C=O) groups excluding carboxylic acids is 3. The molecule has 2 fully saturated rings. The molecule has 1 aliphatic carbocycles. The number of Topliss-reactive ketones (excluding diaryl/α,β-unsaturated/α-hetero) is 1. The Morgan fingerprint density at radius 3 is 2.70 bits per heavy atom. The number of nitrogens with two attached hydrogens (primary N) is 1. The topological polar surface area (TPSA) is 139 Å². The van der Waals surface area contributed by atoms with E-state index in [0.29, 0.717) is 32.1 Å². The maximum atomic E-state index is 13.0. The van der Waals surface area contributed by atoms with Crippen molar-refractivity contribution in [3.63, 3.8) is 0 Å². The molecule has 4 N–H and O–H groups in total. The van der Waals surface area contributed by atoms with Crippen molar-refractivity contribution < 1.29 is 34.1 Å². The van der Waals surface area contributed by atoms with Gasteiger partial charge < -0.3 is 30.3 Å². The normalized spacial score (nSPS) is 36.8. The molecule has 166 valence electrons. The van der Waals surface area contributed by atoms with E-state index in [9.17, 15) is 24.6 Å². The average Bonchev–Trinajstić information content (AvgIpc) is 2.71. The Balaban J connectivity index is 1.73. The minimum atomic E-state index is -2.31. The summed E-state index contributed by atoms with van der Waals surface area (Å²) in [5.41, 5.74) is 6.57. The van der Waals surface area contributed by atoms with Crippen LogP contribution >= 0.6 is 0 Å². The van der Waals surface area contributed by atoms with Crippen LogP contribution in [0, 0.1) is 5.92 Å². The second kappa shape index (κ2) is 8.97. The van der Waals surface area contributed by atoms with Gasteiger partial charge in [-0.1, -0.05) is 18.6 Å². The summed E-state index contributed by atoms with van der Waals surface area (Å²) < 4.78 is 10.7. The van der Waals surface area contributed by atoms with Crippen molar-refractivity contribution in [2.24, 2.45) is 11.7 Å². The van der Waals surface area contributed by atoms with E-state index < -0.39 is 53.8 Å². The maximum absolute atomic E-state index is 13.0. The van der Waals surface area contributed by atoms with Crippen LogP contribution < -0.4 is 5.73 Å². The predicted octanol–water partition coefficient (Wildman–Crippen LogP) is 0.145. The number of amides is 1. The van der Waals surface area contributed by atoms with Gasteiger partial charge in [-0.2, -0.15) is 0 Å². The predicted molar refractivity (Wildman–Crippen MR) is 106 cm³/mol. The summed E-state index contributed by atoms with van der Waals surface area (Å²) >= 11 is 0. The number of hydrogen-bond acceptors (Lipinski definition) is 8. The summed E-state index contributed by atoms with van der Waals surface area (Å²) in [6.45, 7) is 3.62. The van der Waals surface area contributed by atoms with Crippen LogP contribution in [0.15, 0.2) is 23.8 Å². The van der Waals surface area contributed by atoms with Crippen molar-refractivity contribution in [2.45, 2.75) is 76.2 Å². The molecule has 9 nitrogen and oxygen atoms in total. The molecule has 3 rings (SSSR count). The third-order valence-corrected chi connectivity index (χ3v) is 6.01. The summed E-state index contributed by atoms with van der Waals surface area (Å²) in [5, 5.41) is 20.9. The number of aliphatic hydroxyl groups excluding tert-OH is 1. The van der Waals surface area contributed by atoms with Crippen molar-refractivity contribution in [3.05, 3.63) is 23.8 Å². The lowest BCUT2D eigenvalue weighted by Gasteiger charge is -2.41. The Hall–Kier alpha value is -2.07. The Morgan fingerprint density at radius 1 is 1.27 bits per heavy atom. The Kier molecular flexibility index (Phi) is 6.76. The molecule has 0 aromatic carbocycles. The minimum Gasteiger partial charge on any atom is -0.453 e. The quantitative estimate of drug-likeness (QED) is 0.430. The summed E-state index contributed by atoms with van der Waals surface area (Å²) in [4.78, 5) is 39.8. The van der Waals surface area contributed by atoms with Gasteiger partial charge in [0.05, 0.1) is 0 Å². The van der Waals surface area contributed by atoms with Crippen LogP contribution in [-0.2, 0) is 23.9 Å². The molecular weight excluding hydrogens is 392 g/mol. The SMILES string of the molecule is CC1=CC(O)C(OC(=O)C2CCCCN2C(=O)C(=O)C2(O)OC(N)CCC2C)C=C1. The van der Waals surface area contributed by atoms with E-state index in [1.807, 2.05) is 6.92 Å². The Labute approximate surface area is 175 Å². The first-order chi connectivity index (χ1) is 14.1. The standard InChI is InChI=1S/C21H30N2O7/c1-12-6-8-16(15(24)11-12)29-20(27)14-5-3-4-10-23(14)19(26)18(25)21(28)13(2)7-9-17(22)30-21/h6,8,11,13-17,24,28H,3-5,7,9-10,22H2,1-2H3. The molecule has 0 bridgehead atoms. The lowest BCUT2D eigenvalue weighted by molar-refractivity contribution is -0.261. The van der Waals surface area contributed by atoms with E-state index >= 15 is 0 Å². The van der Waals surface area contributed by atoms with E-state index in [2.05, 4.69) is 0 Å². The number of piperidine rings is 1. The van der Waals surface area contributed by atoms with Crippen LogP contribution in [0.1, 0.15) is 46.0 Å². The first-order valence-electron chi connectivity index (χ1n) is 10.4. The smallest absolute Gasteiger partial charge is 0.329 e. The van der Waals surface area contributed by atoms with Crippen LogP contribution in [0.4, 0.5) is 0 Å². The maximum Gasteiger partial charge on any atom is 0.329 e. The molecule has 2 heterocycles. The van der Waals surface area contributed by atoms with Gasteiger partial charge in [0, 0.05) is 12.5 Å². The molecule has 2 aliphatic heterocycles. The van der Waals surface area contributed by atoms with Gasteiger partial charge in [-0.3, -0.25) is 9.59 Å². The Bertz CT molecular complexity index is 764. The molecule has 0 spiro atoms. The van der Waals surface area contributed by atoms with Gasteiger partial charge in [0.1, 0.15) is 24.5 Å². The third-order valence-electron chi connectivity index (χ3n) is 6.01. The highest BCUT2D eigenvalue weighted by Crippen LogP contribution is 2.33.